The van der Waals surface area contributed by atoms with Crippen molar-refractivity contribution in [1.29, 1.82) is 0 Å². The molecule has 1 nitrogen and oxygen atoms in total. The van der Waals surface area contributed by atoms with Gasteiger partial charge in [-0.25, -0.2) is 0 Å². The molecule has 1 aromatic rings. The lowest BCUT2D eigenvalue weighted by molar-refractivity contribution is 0.878. The van der Waals surface area contributed by atoms with E-state index in [1.54, 1.807) is 0 Å². The summed E-state index contributed by atoms with van der Waals surface area (Å²) >= 11 is 0. The first kappa shape index (κ1) is 13.5. The van der Waals surface area contributed by atoms with E-state index in [1.807, 2.05) is 18.2 Å². The Labute approximate surface area is 104 Å². The maximum Gasteiger partial charge on any atom is 0.0112 e. The lowest BCUT2D eigenvalue weighted by Crippen LogP contribution is -1.96. The van der Waals surface area contributed by atoms with Gasteiger partial charge in [0.2, 0.25) is 0 Å². The maximum absolute atomic E-state index is 5.62. The predicted octanol–water partition coefficient (Wildman–Crippen LogP) is 3.94. The summed E-state index contributed by atoms with van der Waals surface area (Å²) in [5.41, 5.74) is 8.25. The van der Waals surface area contributed by atoms with Crippen LogP contribution in [-0.2, 0) is 0 Å². The van der Waals surface area contributed by atoms with E-state index in [4.69, 9.17) is 5.73 Å². The highest BCUT2D eigenvalue weighted by Gasteiger charge is 1.99. The van der Waals surface area contributed by atoms with E-state index in [1.165, 1.54) is 11.1 Å². The van der Waals surface area contributed by atoms with Crippen LogP contribution in [0.15, 0.2) is 61.2 Å². The fourth-order valence-corrected chi connectivity index (χ4v) is 1.76. The highest BCUT2D eigenvalue weighted by Crippen LogP contribution is 2.20. The zero-order valence-corrected chi connectivity index (χ0v) is 10.3. The van der Waals surface area contributed by atoms with Crippen molar-refractivity contribution in [3.63, 3.8) is 0 Å². The van der Waals surface area contributed by atoms with Gasteiger partial charge in [0.15, 0.2) is 0 Å². The zero-order chi connectivity index (χ0) is 12.3. The lowest BCUT2D eigenvalue weighted by atomic mass is 10.00. The molecular formula is C16H21N. The van der Waals surface area contributed by atoms with Gasteiger partial charge in [0.25, 0.3) is 0 Å². The van der Waals surface area contributed by atoms with Crippen molar-refractivity contribution >= 4 is 5.57 Å². The van der Waals surface area contributed by atoms with Crippen LogP contribution in [0.5, 0.6) is 0 Å². The minimum absolute atomic E-state index is 0.604. The summed E-state index contributed by atoms with van der Waals surface area (Å²) in [5.74, 6) is 0. The molecule has 0 aliphatic rings. The van der Waals surface area contributed by atoms with Gasteiger partial charge in [-0.15, -0.1) is 0 Å². The van der Waals surface area contributed by atoms with Gasteiger partial charge in [-0.1, -0.05) is 61.2 Å². The van der Waals surface area contributed by atoms with E-state index < -0.39 is 0 Å². The quantitative estimate of drug-likeness (QED) is 0.554. The molecule has 1 aromatic carbocycles. The smallest absolute Gasteiger partial charge is 0.0112 e. The summed E-state index contributed by atoms with van der Waals surface area (Å²) in [4.78, 5) is 0. The number of rotatable bonds is 7. The first-order valence-corrected chi connectivity index (χ1v) is 6.10. The average Bonchev–Trinajstić information content (AvgIpc) is 2.38. The molecule has 0 amide bonds. The third-order valence-corrected chi connectivity index (χ3v) is 2.60. The van der Waals surface area contributed by atoms with Crippen LogP contribution in [0.2, 0.25) is 0 Å². The summed E-state index contributed by atoms with van der Waals surface area (Å²) in [6.45, 7) is 4.26. The number of unbranched alkanes of at least 4 members (excludes halogenated alkanes) is 1. The Balaban J connectivity index is 2.54. The third-order valence-electron chi connectivity index (χ3n) is 2.60. The molecule has 0 fully saturated rings. The van der Waals surface area contributed by atoms with Crippen LogP contribution >= 0.6 is 0 Å². The van der Waals surface area contributed by atoms with Gasteiger partial charge in [0.05, 0.1) is 0 Å². The van der Waals surface area contributed by atoms with Gasteiger partial charge in [-0.2, -0.15) is 0 Å². The van der Waals surface area contributed by atoms with Crippen molar-refractivity contribution in [1.82, 2.24) is 0 Å². The Morgan fingerprint density at radius 1 is 1.24 bits per heavy atom. The van der Waals surface area contributed by atoms with Crippen LogP contribution < -0.4 is 5.73 Å². The highest BCUT2D eigenvalue weighted by atomic mass is 14.5. The Kier molecular flexibility index (Phi) is 6.76. The van der Waals surface area contributed by atoms with Crippen molar-refractivity contribution < 1.29 is 0 Å². The van der Waals surface area contributed by atoms with E-state index in [9.17, 15) is 0 Å². The molecule has 0 aliphatic heterocycles. The van der Waals surface area contributed by atoms with Crippen LogP contribution in [0.1, 0.15) is 24.8 Å². The molecule has 0 radical (unpaired) electrons. The fourth-order valence-electron chi connectivity index (χ4n) is 1.76. The summed E-state index contributed by atoms with van der Waals surface area (Å²) < 4.78 is 0. The van der Waals surface area contributed by atoms with Crippen molar-refractivity contribution in [3.8, 4) is 0 Å². The van der Waals surface area contributed by atoms with Crippen molar-refractivity contribution in [3.05, 3.63) is 66.8 Å². The van der Waals surface area contributed by atoms with Gasteiger partial charge >= 0.3 is 0 Å². The van der Waals surface area contributed by atoms with E-state index in [0.717, 1.165) is 19.3 Å². The number of benzene rings is 1. The molecule has 2 N–H and O–H groups in total. The molecule has 0 heterocycles. The summed E-state index contributed by atoms with van der Waals surface area (Å²) in [6.07, 6.45) is 11.4. The Morgan fingerprint density at radius 3 is 2.65 bits per heavy atom. The van der Waals surface area contributed by atoms with Gasteiger partial charge in [0.1, 0.15) is 0 Å². The van der Waals surface area contributed by atoms with Gasteiger partial charge in [-0.3, -0.25) is 0 Å². The van der Waals surface area contributed by atoms with Crippen LogP contribution in [0, 0.1) is 0 Å². The third kappa shape index (κ3) is 5.32. The molecule has 90 valence electrons. The van der Waals surface area contributed by atoms with E-state index in [2.05, 4.69) is 43.0 Å². The van der Waals surface area contributed by atoms with Gasteiger partial charge in [0, 0.05) is 6.54 Å². The maximum atomic E-state index is 5.62. The predicted molar refractivity (Wildman–Crippen MR) is 76.7 cm³/mol. The minimum Gasteiger partial charge on any atom is -0.327 e. The van der Waals surface area contributed by atoms with Crippen molar-refractivity contribution in [2.75, 3.05) is 6.54 Å². The largest absolute Gasteiger partial charge is 0.327 e. The molecule has 0 spiro atoms. The SMILES string of the molecule is C=C/C=C\CCC/C(=C/CN)c1ccccc1. The van der Waals surface area contributed by atoms with Crippen LogP contribution in [0.25, 0.3) is 5.57 Å². The Hall–Kier alpha value is -1.60. The Bertz CT molecular complexity index is 374. The zero-order valence-electron chi connectivity index (χ0n) is 10.3. The summed E-state index contributed by atoms with van der Waals surface area (Å²) in [7, 11) is 0. The van der Waals surface area contributed by atoms with Gasteiger partial charge < -0.3 is 5.73 Å². The van der Waals surface area contributed by atoms with E-state index >= 15 is 0 Å². The number of hydrogen-bond acceptors (Lipinski definition) is 1. The minimum atomic E-state index is 0.604. The molecule has 0 unspecified atom stereocenters. The van der Waals surface area contributed by atoms with E-state index in [0.29, 0.717) is 6.54 Å². The van der Waals surface area contributed by atoms with Crippen LogP contribution in [0.4, 0.5) is 0 Å². The average molecular weight is 227 g/mol. The monoisotopic (exact) mass is 227 g/mol. The van der Waals surface area contributed by atoms with Gasteiger partial charge in [-0.05, 0) is 30.4 Å². The summed E-state index contributed by atoms with van der Waals surface area (Å²) in [5, 5.41) is 0. The second-order valence-corrected chi connectivity index (χ2v) is 3.89. The number of hydrogen-bond donors (Lipinski definition) is 1. The number of allylic oxidation sites excluding steroid dienone is 4. The number of nitrogens with two attached hydrogens (primary N) is 1. The molecule has 0 saturated carbocycles. The molecular weight excluding hydrogens is 206 g/mol. The fraction of sp³-hybridized carbons (Fsp3) is 0.250. The van der Waals surface area contributed by atoms with E-state index in [-0.39, 0.29) is 0 Å². The molecule has 1 heteroatoms. The van der Waals surface area contributed by atoms with Crippen LogP contribution in [-0.4, -0.2) is 6.54 Å². The Morgan fingerprint density at radius 2 is 2.00 bits per heavy atom. The molecule has 17 heavy (non-hydrogen) atoms. The van der Waals surface area contributed by atoms with Crippen molar-refractivity contribution in [2.24, 2.45) is 5.73 Å². The second-order valence-electron chi connectivity index (χ2n) is 3.89. The second kappa shape index (κ2) is 8.54. The summed E-state index contributed by atoms with van der Waals surface area (Å²) in [6, 6.07) is 10.5. The molecule has 0 bridgehead atoms. The first-order valence-electron chi connectivity index (χ1n) is 6.10. The highest BCUT2D eigenvalue weighted by molar-refractivity contribution is 5.65. The molecule has 0 aliphatic carbocycles. The normalized spacial score (nSPS) is 11.9. The lowest BCUT2D eigenvalue weighted by Gasteiger charge is -2.06. The topological polar surface area (TPSA) is 26.0 Å². The van der Waals surface area contributed by atoms with Crippen LogP contribution in [0.3, 0.4) is 0 Å². The van der Waals surface area contributed by atoms with Crippen molar-refractivity contribution in [2.45, 2.75) is 19.3 Å². The molecule has 0 aromatic heterocycles. The standard InChI is InChI=1S/C16H21N/c1-2-3-4-5-7-12-16(13-14-17)15-10-8-6-9-11-15/h2-4,6,8-11,13H,1,5,7,12,14,17H2/b4-3-,16-13-. The molecule has 0 atom stereocenters. The molecule has 0 saturated heterocycles. The molecule has 1 rings (SSSR count). The first-order chi connectivity index (χ1) is 8.38.